The molecule has 2 rings (SSSR count). The zero-order valence-corrected chi connectivity index (χ0v) is 12.1. The first-order valence-electron chi connectivity index (χ1n) is 5.85. The van der Waals surface area contributed by atoms with Gasteiger partial charge in [-0.25, -0.2) is 4.39 Å². The van der Waals surface area contributed by atoms with Gasteiger partial charge in [-0.3, -0.25) is 4.79 Å². The first kappa shape index (κ1) is 14.8. The molecule has 0 saturated heterocycles. The third-order valence-electron chi connectivity index (χ3n) is 2.75. The number of carbonyl (C=O) groups is 1. The van der Waals surface area contributed by atoms with Crippen LogP contribution < -0.4 is 4.74 Å². The Morgan fingerprint density at radius 2 is 2.00 bits per heavy atom. The lowest BCUT2D eigenvalue weighted by Crippen LogP contribution is -1.99. The highest BCUT2D eigenvalue weighted by molar-refractivity contribution is 6.32. The van der Waals surface area contributed by atoms with E-state index in [1.54, 1.807) is 24.3 Å². The fraction of sp³-hybridized carbons (Fsp3) is 0.133. The highest BCUT2D eigenvalue weighted by Gasteiger charge is 2.09. The van der Waals surface area contributed by atoms with Gasteiger partial charge in [0.25, 0.3) is 0 Å². The van der Waals surface area contributed by atoms with Gasteiger partial charge in [-0.2, -0.15) is 0 Å². The minimum absolute atomic E-state index is 0.0315. The Bertz CT molecular complexity index is 656. The van der Waals surface area contributed by atoms with Crippen molar-refractivity contribution in [3.05, 3.63) is 63.4 Å². The molecule has 0 N–H and O–H groups in total. The quantitative estimate of drug-likeness (QED) is 0.749. The Morgan fingerprint density at radius 1 is 1.25 bits per heavy atom. The predicted molar refractivity (Wildman–Crippen MR) is 77.2 cm³/mol. The van der Waals surface area contributed by atoms with Crippen molar-refractivity contribution >= 4 is 29.0 Å². The predicted octanol–water partition coefficient (Wildman–Crippen LogP) is 4.91. The Labute approximate surface area is 126 Å². The van der Waals surface area contributed by atoms with E-state index >= 15 is 0 Å². The number of benzene rings is 2. The molecule has 20 heavy (non-hydrogen) atoms. The minimum Gasteiger partial charge on any atom is -0.487 e. The van der Waals surface area contributed by atoms with E-state index in [9.17, 15) is 9.18 Å². The fourth-order valence-corrected chi connectivity index (χ4v) is 2.07. The molecular formula is C15H11Cl2FO2. The van der Waals surface area contributed by atoms with Crippen molar-refractivity contribution < 1.29 is 13.9 Å². The van der Waals surface area contributed by atoms with Crippen molar-refractivity contribution in [3.63, 3.8) is 0 Å². The first-order chi connectivity index (χ1) is 9.49. The van der Waals surface area contributed by atoms with Crippen molar-refractivity contribution in [1.82, 2.24) is 0 Å². The molecule has 2 nitrogen and oxygen atoms in total. The summed E-state index contributed by atoms with van der Waals surface area (Å²) in [6.07, 6.45) is 0. The summed E-state index contributed by atoms with van der Waals surface area (Å²) in [6, 6.07) is 9.26. The molecule has 0 spiro atoms. The molecule has 0 unspecified atom stereocenters. The molecule has 0 aliphatic carbocycles. The highest BCUT2D eigenvalue weighted by Crippen LogP contribution is 2.28. The summed E-state index contributed by atoms with van der Waals surface area (Å²) in [5.74, 6) is -0.158. The van der Waals surface area contributed by atoms with Crippen LogP contribution in [0.2, 0.25) is 10.0 Å². The van der Waals surface area contributed by atoms with Gasteiger partial charge in [-0.05, 0) is 31.2 Å². The molecule has 0 amide bonds. The number of hydrogen-bond donors (Lipinski definition) is 0. The van der Waals surface area contributed by atoms with Crippen LogP contribution in [0.5, 0.6) is 5.75 Å². The number of halogens is 3. The molecule has 0 radical (unpaired) electrons. The summed E-state index contributed by atoms with van der Waals surface area (Å²) in [6.45, 7) is 1.55. The maximum absolute atomic E-state index is 13.3. The van der Waals surface area contributed by atoms with E-state index in [0.717, 1.165) is 0 Å². The average molecular weight is 313 g/mol. The third-order valence-corrected chi connectivity index (χ3v) is 3.47. The largest absolute Gasteiger partial charge is 0.487 e. The molecule has 0 heterocycles. The van der Waals surface area contributed by atoms with Gasteiger partial charge < -0.3 is 4.74 Å². The fourth-order valence-electron chi connectivity index (χ4n) is 1.65. The second-order valence-corrected chi connectivity index (χ2v) is 4.99. The van der Waals surface area contributed by atoms with Gasteiger partial charge >= 0.3 is 0 Å². The van der Waals surface area contributed by atoms with Gasteiger partial charge in [-0.1, -0.05) is 35.3 Å². The Morgan fingerprint density at radius 3 is 2.65 bits per heavy atom. The first-order valence-corrected chi connectivity index (χ1v) is 6.61. The molecule has 0 aliphatic rings. The Kier molecular flexibility index (Phi) is 4.63. The van der Waals surface area contributed by atoms with E-state index in [1.165, 1.54) is 19.1 Å². The molecule has 104 valence electrons. The van der Waals surface area contributed by atoms with Crippen LogP contribution in [0.3, 0.4) is 0 Å². The molecule has 0 fully saturated rings. The molecule has 5 heteroatoms. The molecule has 0 aromatic heterocycles. The monoisotopic (exact) mass is 312 g/mol. The standard InChI is InChI=1S/C15H11Cl2FO2/c1-9(19)10-5-6-14(12(16)7-10)20-8-11-3-2-4-13(18)15(11)17/h2-7H,8H2,1H3. The molecule has 0 bridgehead atoms. The lowest BCUT2D eigenvalue weighted by atomic mass is 10.1. The van der Waals surface area contributed by atoms with Gasteiger partial charge in [-0.15, -0.1) is 0 Å². The summed E-state index contributed by atoms with van der Waals surface area (Å²) in [5, 5.41) is 0.356. The van der Waals surface area contributed by atoms with Crippen LogP contribution in [0, 0.1) is 5.82 Å². The van der Waals surface area contributed by atoms with Gasteiger partial charge in [0.05, 0.1) is 10.0 Å². The molecule has 0 aliphatic heterocycles. The van der Waals surface area contributed by atoms with Gasteiger partial charge in [0.15, 0.2) is 5.78 Å². The number of hydrogen-bond acceptors (Lipinski definition) is 2. The van der Waals surface area contributed by atoms with Crippen molar-refractivity contribution in [3.8, 4) is 5.75 Å². The average Bonchev–Trinajstić information content (AvgIpc) is 2.41. The normalized spacial score (nSPS) is 10.4. The summed E-state index contributed by atoms with van der Waals surface area (Å²) >= 11 is 11.9. The topological polar surface area (TPSA) is 26.3 Å². The Hall–Kier alpha value is -1.58. The smallest absolute Gasteiger partial charge is 0.159 e. The van der Waals surface area contributed by atoms with Gasteiger partial charge in [0.2, 0.25) is 0 Å². The highest BCUT2D eigenvalue weighted by atomic mass is 35.5. The van der Waals surface area contributed by atoms with Crippen LogP contribution in [0.25, 0.3) is 0 Å². The van der Waals surface area contributed by atoms with Gasteiger partial charge in [0, 0.05) is 11.1 Å². The van der Waals surface area contributed by atoms with Crippen LogP contribution in [0.1, 0.15) is 22.8 Å². The van der Waals surface area contributed by atoms with E-state index in [-0.39, 0.29) is 17.4 Å². The van der Waals surface area contributed by atoms with Crippen molar-refractivity contribution in [2.75, 3.05) is 0 Å². The molecular weight excluding hydrogens is 302 g/mol. The lowest BCUT2D eigenvalue weighted by Gasteiger charge is -2.10. The van der Waals surface area contributed by atoms with Crippen molar-refractivity contribution in [2.45, 2.75) is 13.5 Å². The molecule has 2 aromatic carbocycles. The van der Waals surface area contributed by atoms with Crippen LogP contribution in [-0.2, 0) is 6.61 Å². The van der Waals surface area contributed by atoms with Crippen molar-refractivity contribution in [1.29, 1.82) is 0 Å². The summed E-state index contributed by atoms with van der Waals surface area (Å²) in [5.41, 5.74) is 1.03. The Balaban J connectivity index is 2.15. The SMILES string of the molecule is CC(=O)c1ccc(OCc2cccc(F)c2Cl)c(Cl)c1. The molecule has 0 saturated carbocycles. The van der Waals surface area contributed by atoms with Crippen LogP contribution in [-0.4, -0.2) is 5.78 Å². The second-order valence-electron chi connectivity index (χ2n) is 4.20. The maximum Gasteiger partial charge on any atom is 0.159 e. The number of ketones is 1. The zero-order valence-electron chi connectivity index (χ0n) is 10.6. The van der Waals surface area contributed by atoms with Crippen molar-refractivity contribution in [2.24, 2.45) is 0 Å². The van der Waals surface area contributed by atoms with E-state index in [2.05, 4.69) is 0 Å². The number of Topliss-reactive ketones (excluding diaryl/α,β-unsaturated/α-hetero) is 1. The molecule has 0 atom stereocenters. The summed E-state index contributed by atoms with van der Waals surface area (Å²) in [7, 11) is 0. The lowest BCUT2D eigenvalue weighted by molar-refractivity contribution is 0.101. The van der Waals surface area contributed by atoms with E-state index < -0.39 is 5.82 Å². The maximum atomic E-state index is 13.3. The van der Waals surface area contributed by atoms with Gasteiger partial charge in [0.1, 0.15) is 18.2 Å². The number of carbonyl (C=O) groups excluding carboxylic acids is 1. The summed E-state index contributed by atoms with van der Waals surface area (Å²) < 4.78 is 18.8. The van der Waals surface area contributed by atoms with Crippen LogP contribution >= 0.6 is 23.2 Å². The van der Waals surface area contributed by atoms with E-state index in [0.29, 0.717) is 21.9 Å². The minimum atomic E-state index is -0.495. The van der Waals surface area contributed by atoms with Crippen LogP contribution in [0.4, 0.5) is 4.39 Å². The van der Waals surface area contributed by atoms with E-state index in [1.807, 2.05) is 0 Å². The zero-order chi connectivity index (χ0) is 14.7. The third kappa shape index (κ3) is 3.30. The summed E-state index contributed by atoms with van der Waals surface area (Å²) in [4.78, 5) is 11.2. The molecule has 2 aromatic rings. The second kappa shape index (κ2) is 6.25. The number of ether oxygens (including phenoxy) is 1. The van der Waals surface area contributed by atoms with E-state index in [4.69, 9.17) is 27.9 Å². The van der Waals surface area contributed by atoms with Crippen LogP contribution in [0.15, 0.2) is 36.4 Å². The number of rotatable bonds is 4.